The number of nitrogens with one attached hydrogen (secondary N) is 1. The van der Waals surface area contributed by atoms with Gasteiger partial charge in [0.25, 0.3) is 0 Å². The summed E-state index contributed by atoms with van der Waals surface area (Å²) in [4.78, 5) is 0. The lowest BCUT2D eigenvalue weighted by molar-refractivity contribution is 0.279. The number of amidine groups is 1. The predicted octanol–water partition coefficient (Wildman–Crippen LogP) is 4.10. The molecule has 20 heavy (non-hydrogen) atoms. The summed E-state index contributed by atoms with van der Waals surface area (Å²) in [6.45, 7) is 13.1. The molecular weight excluding hydrogens is 248 g/mol. The Morgan fingerprint density at radius 1 is 1.15 bits per heavy atom. The Kier molecular flexibility index (Phi) is 4.85. The summed E-state index contributed by atoms with van der Waals surface area (Å²) in [5.41, 5.74) is 7.13. The van der Waals surface area contributed by atoms with Crippen LogP contribution in [0.5, 0.6) is 5.75 Å². The smallest absolute Gasteiger partial charge is 0.152 e. The van der Waals surface area contributed by atoms with Gasteiger partial charge in [-0.25, -0.2) is 0 Å². The summed E-state index contributed by atoms with van der Waals surface area (Å²) < 4.78 is 5.59. The van der Waals surface area contributed by atoms with Crippen molar-refractivity contribution in [3.05, 3.63) is 29.8 Å². The Bertz CT molecular complexity index is 455. The van der Waals surface area contributed by atoms with Crippen LogP contribution < -0.4 is 10.5 Å². The molecule has 1 aromatic rings. The van der Waals surface area contributed by atoms with E-state index in [0.717, 1.165) is 12.2 Å². The quantitative estimate of drug-likeness (QED) is 0.628. The number of benzene rings is 1. The van der Waals surface area contributed by atoms with Crippen molar-refractivity contribution in [3.8, 4) is 5.75 Å². The van der Waals surface area contributed by atoms with E-state index >= 15 is 0 Å². The molecule has 1 atom stereocenters. The van der Waals surface area contributed by atoms with E-state index < -0.39 is 0 Å². The average Bonchev–Trinajstić information content (AvgIpc) is 2.26. The van der Waals surface area contributed by atoms with Gasteiger partial charge in [0.15, 0.2) is 6.10 Å². The lowest BCUT2D eigenvalue weighted by Crippen LogP contribution is -2.30. The molecule has 1 unspecified atom stereocenters. The van der Waals surface area contributed by atoms with Crippen LogP contribution in [-0.4, -0.2) is 11.9 Å². The second-order valence-corrected chi connectivity index (χ2v) is 7.36. The minimum Gasteiger partial charge on any atom is -0.483 e. The second-order valence-electron chi connectivity index (χ2n) is 7.36. The molecule has 0 bridgehead atoms. The van der Waals surface area contributed by atoms with Crippen LogP contribution in [0.2, 0.25) is 0 Å². The van der Waals surface area contributed by atoms with E-state index in [2.05, 4.69) is 46.8 Å². The van der Waals surface area contributed by atoms with Crippen LogP contribution in [0.1, 0.15) is 53.5 Å². The summed E-state index contributed by atoms with van der Waals surface area (Å²) in [5, 5.41) is 7.34. The topological polar surface area (TPSA) is 59.1 Å². The largest absolute Gasteiger partial charge is 0.483 e. The molecule has 112 valence electrons. The van der Waals surface area contributed by atoms with Gasteiger partial charge >= 0.3 is 0 Å². The molecule has 0 amide bonds. The number of hydrogen-bond donors (Lipinski definition) is 2. The first-order valence-electron chi connectivity index (χ1n) is 7.12. The molecule has 0 saturated carbocycles. The highest BCUT2D eigenvalue weighted by atomic mass is 16.5. The van der Waals surface area contributed by atoms with Gasteiger partial charge in [-0.15, -0.1) is 0 Å². The molecule has 0 aromatic heterocycles. The van der Waals surface area contributed by atoms with Gasteiger partial charge in [0.05, 0.1) is 0 Å². The summed E-state index contributed by atoms with van der Waals surface area (Å²) in [5.74, 6) is 0.796. The fourth-order valence-electron chi connectivity index (χ4n) is 2.68. The molecule has 1 rings (SSSR count). The third-order valence-corrected chi connectivity index (χ3v) is 3.36. The van der Waals surface area contributed by atoms with Gasteiger partial charge in [0, 0.05) is 0 Å². The van der Waals surface area contributed by atoms with E-state index in [1.807, 2.05) is 12.1 Å². The highest BCUT2D eigenvalue weighted by Gasteiger charge is 2.27. The fourth-order valence-corrected chi connectivity index (χ4v) is 2.68. The van der Waals surface area contributed by atoms with Crippen LogP contribution in [0.15, 0.2) is 24.3 Å². The van der Waals surface area contributed by atoms with Gasteiger partial charge < -0.3 is 10.5 Å². The Morgan fingerprint density at radius 3 is 2.05 bits per heavy atom. The molecule has 1 aromatic carbocycles. The van der Waals surface area contributed by atoms with Crippen molar-refractivity contribution in [3.63, 3.8) is 0 Å². The summed E-state index contributed by atoms with van der Waals surface area (Å²) in [7, 11) is 0. The zero-order valence-electron chi connectivity index (χ0n) is 13.6. The molecule has 0 aliphatic carbocycles. The monoisotopic (exact) mass is 276 g/mol. The van der Waals surface area contributed by atoms with Gasteiger partial charge in [-0.05, 0) is 41.9 Å². The maximum atomic E-state index is 7.34. The van der Waals surface area contributed by atoms with E-state index in [-0.39, 0.29) is 17.4 Å². The third kappa shape index (κ3) is 4.87. The maximum Gasteiger partial charge on any atom is 0.152 e. The molecule has 3 N–H and O–H groups in total. The Morgan fingerprint density at radius 2 is 1.65 bits per heavy atom. The van der Waals surface area contributed by atoms with Gasteiger partial charge in [0.1, 0.15) is 11.6 Å². The SMILES string of the molecule is CC(Oc1ccc(C(C)(C)CC(C)(C)C)cc1)C(=N)N. The van der Waals surface area contributed by atoms with Crippen LogP contribution in [0, 0.1) is 10.8 Å². The van der Waals surface area contributed by atoms with Crippen molar-refractivity contribution >= 4 is 5.84 Å². The first-order chi connectivity index (χ1) is 9.01. The fraction of sp³-hybridized carbons (Fsp3) is 0.588. The minimum atomic E-state index is -0.386. The van der Waals surface area contributed by atoms with Crippen LogP contribution in [0.25, 0.3) is 0 Å². The predicted molar refractivity (Wildman–Crippen MR) is 85.5 cm³/mol. The normalized spacial score (nSPS) is 13.9. The molecule has 3 nitrogen and oxygen atoms in total. The average molecular weight is 276 g/mol. The summed E-state index contributed by atoms with van der Waals surface area (Å²) >= 11 is 0. The van der Waals surface area contributed by atoms with Crippen molar-refractivity contribution in [2.24, 2.45) is 11.1 Å². The molecule has 0 fully saturated rings. The molecule has 0 saturated heterocycles. The molecule has 3 heteroatoms. The van der Waals surface area contributed by atoms with Crippen molar-refractivity contribution in [2.75, 3.05) is 0 Å². The molecule has 0 aliphatic rings. The van der Waals surface area contributed by atoms with E-state index in [9.17, 15) is 0 Å². The molecular formula is C17H28N2O. The first-order valence-corrected chi connectivity index (χ1v) is 7.12. The maximum absolute atomic E-state index is 7.34. The van der Waals surface area contributed by atoms with Crippen molar-refractivity contribution in [1.82, 2.24) is 0 Å². The lowest BCUT2D eigenvalue weighted by atomic mass is 9.72. The number of nitrogens with two attached hydrogens (primary N) is 1. The zero-order valence-corrected chi connectivity index (χ0v) is 13.6. The highest BCUT2D eigenvalue weighted by molar-refractivity contribution is 5.81. The lowest BCUT2D eigenvalue weighted by Gasteiger charge is -2.33. The van der Waals surface area contributed by atoms with Gasteiger partial charge in [-0.2, -0.15) is 0 Å². The molecule has 0 aliphatic heterocycles. The van der Waals surface area contributed by atoms with Crippen LogP contribution in [0.4, 0.5) is 0 Å². The Labute approximate surface area is 123 Å². The number of rotatable bonds is 5. The Balaban J connectivity index is 2.83. The van der Waals surface area contributed by atoms with Crippen molar-refractivity contribution in [1.29, 1.82) is 5.41 Å². The molecule has 0 heterocycles. The van der Waals surface area contributed by atoms with Crippen LogP contribution in [-0.2, 0) is 5.41 Å². The van der Waals surface area contributed by atoms with E-state index in [1.165, 1.54) is 5.56 Å². The molecule has 0 radical (unpaired) electrons. The summed E-state index contributed by atoms with van der Waals surface area (Å²) in [6, 6.07) is 8.13. The van der Waals surface area contributed by atoms with Crippen molar-refractivity contribution < 1.29 is 4.74 Å². The van der Waals surface area contributed by atoms with E-state index in [0.29, 0.717) is 5.41 Å². The zero-order chi connectivity index (χ0) is 15.6. The van der Waals surface area contributed by atoms with Gasteiger partial charge in [0.2, 0.25) is 0 Å². The first kappa shape index (κ1) is 16.5. The molecule has 0 spiro atoms. The van der Waals surface area contributed by atoms with Gasteiger partial charge in [-0.3, -0.25) is 5.41 Å². The number of ether oxygens (including phenoxy) is 1. The summed E-state index contributed by atoms with van der Waals surface area (Å²) in [6.07, 6.45) is 0.729. The van der Waals surface area contributed by atoms with E-state index in [4.69, 9.17) is 15.9 Å². The van der Waals surface area contributed by atoms with Crippen LogP contribution in [0.3, 0.4) is 0 Å². The van der Waals surface area contributed by atoms with Crippen molar-refractivity contribution in [2.45, 2.75) is 59.5 Å². The van der Waals surface area contributed by atoms with E-state index in [1.54, 1.807) is 6.92 Å². The minimum absolute atomic E-state index is 0.0436. The Hall–Kier alpha value is -1.51. The standard InChI is InChI=1S/C17H28N2O/c1-12(15(18)19)20-14-9-7-13(8-10-14)17(5,6)11-16(2,3)4/h7-10,12H,11H2,1-6H3,(H3,18,19). The second kappa shape index (κ2) is 5.86. The van der Waals surface area contributed by atoms with Gasteiger partial charge in [-0.1, -0.05) is 46.8 Å². The third-order valence-electron chi connectivity index (χ3n) is 3.36. The highest BCUT2D eigenvalue weighted by Crippen LogP contribution is 2.36. The number of hydrogen-bond acceptors (Lipinski definition) is 2. The van der Waals surface area contributed by atoms with Crippen LogP contribution >= 0.6 is 0 Å².